The molecule has 0 saturated carbocycles. The maximum absolute atomic E-state index is 12.3. The number of nitro groups is 1. The third kappa shape index (κ3) is 4.87. The van der Waals surface area contributed by atoms with Crippen molar-refractivity contribution in [2.75, 3.05) is 14.1 Å². The standard InChI is InChI=1S/C18H15ClN4O7S/c1-22(2)31(27,28)15-9-12(5-8-14(15)19)18(24)29-10-16-20-21-17(30-16)11-3-6-13(7-4-11)23(25)26/h3-9H,10H2,1-2H3. The molecule has 0 bridgehead atoms. The van der Waals surface area contributed by atoms with E-state index in [0.717, 1.165) is 10.4 Å². The monoisotopic (exact) mass is 466 g/mol. The first-order valence-corrected chi connectivity index (χ1v) is 10.4. The van der Waals surface area contributed by atoms with Gasteiger partial charge < -0.3 is 9.15 Å². The van der Waals surface area contributed by atoms with Crippen LogP contribution < -0.4 is 0 Å². The van der Waals surface area contributed by atoms with Crippen LogP contribution in [-0.2, 0) is 21.4 Å². The maximum atomic E-state index is 12.3. The Kier molecular flexibility index (Phi) is 6.34. The number of hydrogen-bond donors (Lipinski definition) is 0. The average Bonchev–Trinajstić information content (AvgIpc) is 3.21. The maximum Gasteiger partial charge on any atom is 0.338 e. The molecule has 0 fully saturated rings. The SMILES string of the molecule is CN(C)S(=O)(=O)c1cc(C(=O)OCc2nnc(-c3ccc([N+](=O)[O-])cc3)o2)ccc1Cl. The van der Waals surface area contributed by atoms with Gasteiger partial charge in [0.2, 0.25) is 15.9 Å². The lowest BCUT2D eigenvalue weighted by molar-refractivity contribution is -0.384. The average molecular weight is 467 g/mol. The molecule has 1 heterocycles. The van der Waals surface area contributed by atoms with E-state index >= 15 is 0 Å². The molecular weight excluding hydrogens is 452 g/mol. The minimum atomic E-state index is -3.86. The molecule has 0 aliphatic heterocycles. The summed E-state index contributed by atoms with van der Waals surface area (Å²) in [6, 6.07) is 9.21. The first-order valence-electron chi connectivity index (χ1n) is 8.56. The van der Waals surface area contributed by atoms with Crippen LogP contribution in [0.1, 0.15) is 16.2 Å². The number of aromatic nitrogens is 2. The molecule has 13 heteroatoms. The summed E-state index contributed by atoms with van der Waals surface area (Å²) >= 11 is 5.96. The van der Waals surface area contributed by atoms with Gasteiger partial charge in [-0.3, -0.25) is 10.1 Å². The number of sulfonamides is 1. The number of nitro benzene ring substituents is 1. The van der Waals surface area contributed by atoms with E-state index < -0.39 is 20.9 Å². The van der Waals surface area contributed by atoms with Gasteiger partial charge in [0.1, 0.15) is 4.90 Å². The smallest absolute Gasteiger partial charge is 0.338 e. The van der Waals surface area contributed by atoms with E-state index in [1.807, 2.05) is 0 Å². The number of hydrogen-bond acceptors (Lipinski definition) is 9. The summed E-state index contributed by atoms with van der Waals surface area (Å²) < 4.78 is 36.1. The van der Waals surface area contributed by atoms with Crippen molar-refractivity contribution in [2.24, 2.45) is 0 Å². The zero-order valence-electron chi connectivity index (χ0n) is 16.2. The molecule has 0 unspecified atom stereocenters. The van der Waals surface area contributed by atoms with E-state index in [2.05, 4.69) is 10.2 Å². The Morgan fingerprint density at radius 1 is 1.19 bits per heavy atom. The van der Waals surface area contributed by atoms with Crippen LogP contribution in [0.3, 0.4) is 0 Å². The predicted molar refractivity (Wildman–Crippen MR) is 108 cm³/mol. The van der Waals surface area contributed by atoms with Gasteiger partial charge >= 0.3 is 5.97 Å². The predicted octanol–water partition coefficient (Wildman–Crippen LogP) is 2.91. The number of halogens is 1. The van der Waals surface area contributed by atoms with Gasteiger partial charge in [-0.15, -0.1) is 10.2 Å². The van der Waals surface area contributed by atoms with Crippen molar-refractivity contribution in [2.45, 2.75) is 11.5 Å². The molecule has 3 rings (SSSR count). The van der Waals surface area contributed by atoms with Crippen molar-refractivity contribution < 1.29 is 27.3 Å². The van der Waals surface area contributed by atoms with Crippen molar-refractivity contribution in [3.8, 4) is 11.5 Å². The zero-order chi connectivity index (χ0) is 22.8. The van der Waals surface area contributed by atoms with Crippen molar-refractivity contribution in [1.29, 1.82) is 0 Å². The van der Waals surface area contributed by atoms with E-state index in [1.54, 1.807) is 0 Å². The third-order valence-electron chi connectivity index (χ3n) is 4.04. The van der Waals surface area contributed by atoms with Crippen LogP contribution in [0.5, 0.6) is 0 Å². The summed E-state index contributed by atoms with van der Waals surface area (Å²) in [4.78, 5) is 22.3. The second-order valence-electron chi connectivity index (χ2n) is 6.31. The lowest BCUT2D eigenvalue weighted by Crippen LogP contribution is -2.23. The topological polar surface area (TPSA) is 146 Å². The molecular formula is C18H15ClN4O7S. The van der Waals surface area contributed by atoms with Gasteiger partial charge in [-0.1, -0.05) is 11.6 Å². The van der Waals surface area contributed by atoms with Gasteiger partial charge in [0, 0.05) is 31.8 Å². The van der Waals surface area contributed by atoms with Crippen LogP contribution in [0.25, 0.3) is 11.5 Å². The Bertz CT molecular complexity index is 1240. The molecule has 0 N–H and O–H groups in total. The van der Waals surface area contributed by atoms with Crippen LogP contribution >= 0.6 is 11.6 Å². The van der Waals surface area contributed by atoms with Crippen LogP contribution in [0.2, 0.25) is 5.02 Å². The fraction of sp³-hybridized carbons (Fsp3) is 0.167. The van der Waals surface area contributed by atoms with Crippen LogP contribution in [0, 0.1) is 10.1 Å². The molecule has 0 saturated heterocycles. The summed E-state index contributed by atoms with van der Waals surface area (Å²) in [7, 11) is -1.17. The molecule has 0 spiro atoms. The van der Waals surface area contributed by atoms with Crippen LogP contribution in [0.4, 0.5) is 5.69 Å². The van der Waals surface area contributed by atoms with Crippen LogP contribution in [-0.4, -0.2) is 47.9 Å². The highest BCUT2D eigenvalue weighted by Crippen LogP contribution is 2.25. The number of nitrogens with zero attached hydrogens (tertiary/aromatic N) is 4. The fourth-order valence-electron chi connectivity index (χ4n) is 2.39. The van der Waals surface area contributed by atoms with E-state index in [9.17, 15) is 23.3 Å². The summed E-state index contributed by atoms with van der Waals surface area (Å²) in [5, 5.41) is 18.2. The van der Waals surface area contributed by atoms with Crippen molar-refractivity contribution in [3.05, 3.63) is 69.1 Å². The van der Waals surface area contributed by atoms with Crippen molar-refractivity contribution in [3.63, 3.8) is 0 Å². The van der Waals surface area contributed by atoms with E-state index in [1.165, 1.54) is 50.5 Å². The number of rotatable bonds is 7. The highest BCUT2D eigenvalue weighted by molar-refractivity contribution is 7.89. The normalized spacial score (nSPS) is 11.5. The quantitative estimate of drug-likeness (QED) is 0.291. The van der Waals surface area contributed by atoms with Crippen molar-refractivity contribution >= 4 is 33.3 Å². The summed E-state index contributed by atoms with van der Waals surface area (Å²) in [5.74, 6) is -0.745. The minimum absolute atomic E-state index is 0.0168. The number of benzene rings is 2. The molecule has 2 aromatic carbocycles. The molecule has 3 aromatic rings. The summed E-state index contributed by atoms with van der Waals surface area (Å²) in [6.45, 7) is -0.364. The first-order chi connectivity index (χ1) is 14.6. The Labute approximate surface area is 181 Å². The van der Waals surface area contributed by atoms with Crippen LogP contribution in [0.15, 0.2) is 51.8 Å². The number of carbonyl (C=O) groups excluding carboxylic acids is 1. The number of non-ortho nitro benzene ring substituents is 1. The number of esters is 1. The van der Waals surface area contributed by atoms with E-state index in [0.29, 0.717) is 5.56 Å². The molecule has 31 heavy (non-hydrogen) atoms. The van der Waals surface area contributed by atoms with Gasteiger partial charge in [0.25, 0.3) is 11.6 Å². The highest BCUT2D eigenvalue weighted by Gasteiger charge is 2.23. The number of ether oxygens (including phenoxy) is 1. The second kappa shape index (κ2) is 8.79. The van der Waals surface area contributed by atoms with Gasteiger partial charge in [-0.05, 0) is 30.3 Å². The van der Waals surface area contributed by atoms with Gasteiger partial charge in [-0.2, -0.15) is 0 Å². The van der Waals surface area contributed by atoms with E-state index in [-0.39, 0.29) is 39.6 Å². The molecule has 1 aromatic heterocycles. The molecule has 0 radical (unpaired) electrons. The molecule has 162 valence electrons. The lowest BCUT2D eigenvalue weighted by Gasteiger charge is -2.13. The van der Waals surface area contributed by atoms with Gasteiger partial charge in [-0.25, -0.2) is 17.5 Å². The Morgan fingerprint density at radius 2 is 1.87 bits per heavy atom. The lowest BCUT2D eigenvalue weighted by atomic mass is 10.2. The second-order valence-corrected chi connectivity index (χ2v) is 8.84. The van der Waals surface area contributed by atoms with Crippen molar-refractivity contribution in [1.82, 2.24) is 14.5 Å². The molecule has 11 nitrogen and oxygen atoms in total. The Morgan fingerprint density at radius 3 is 2.48 bits per heavy atom. The number of carbonyl (C=O) groups is 1. The third-order valence-corrected chi connectivity index (χ3v) is 6.34. The zero-order valence-corrected chi connectivity index (χ0v) is 17.8. The molecule has 0 atom stereocenters. The first kappa shape index (κ1) is 22.3. The fourth-order valence-corrected chi connectivity index (χ4v) is 3.78. The Hall–Kier alpha value is -3.35. The molecule has 0 aliphatic rings. The highest BCUT2D eigenvalue weighted by atomic mass is 35.5. The Balaban J connectivity index is 1.71. The van der Waals surface area contributed by atoms with Gasteiger partial charge in [0.15, 0.2) is 6.61 Å². The van der Waals surface area contributed by atoms with E-state index in [4.69, 9.17) is 20.8 Å². The largest absolute Gasteiger partial charge is 0.452 e. The summed E-state index contributed by atoms with van der Waals surface area (Å²) in [5.41, 5.74) is 0.336. The van der Waals surface area contributed by atoms with Gasteiger partial charge in [0.05, 0.1) is 15.5 Å². The molecule has 0 amide bonds. The molecule has 0 aliphatic carbocycles. The minimum Gasteiger partial charge on any atom is -0.452 e. The summed E-state index contributed by atoms with van der Waals surface area (Å²) in [6.07, 6.45) is 0.